The minimum absolute atomic E-state index is 0.0139. The third kappa shape index (κ3) is 2.82. The number of nitrogens with zero attached hydrogens (tertiary/aromatic N) is 1. The van der Waals surface area contributed by atoms with Crippen molar-refractivity contribution in [3.8, 4) is 0 Å². The molecule has 13 heavy (non-hydrogen) atoms. The Balaban J connectivity index is 2.75. The Hall–Kier alpha value is -0.880. The molecule has 1 aromatic heterocycles. The highest BCUT2D eigenvalue weighted by atomic mass is 32.2. The van der Waals surface area contributed by atoms with Crippen molar-refractivity contribution in [3.63, 3.8) is 0 Å². The molecule has 0 aromatic carbocycles. The van der Waals surface area contributed by atoms with Gasteiger partial charge in [0, 0.05) is 5.56 Å². The molecular formula is C7H11NO4S. The van der Waals surface area contributed by atoms with E-state index in [2.05, 4.69) is 9.34 Å². The zero-order chi connectivity index (χ0) is 10.1. The van der Waals surface area contributed by atoms with Crippen molar-refractivity contribution >= 4 is 10.1 Å². The van der Waals surface area contributed by atoms with Gasteiger partial charge >= 0.3 is 0 Å². The fourth-order valence-electron chi connectivity index (χ4n) is 0.874. The van der Waals surface area contributed by atoms with Crippen molar-refractivity contribution in [2.24, 2.45) is 0 Å². The summed E-state index contributed by atoms with van der Waals surface area (Å²) >= 11 is 0. The van der Waals surface area contributed by atoms with E-state index < -0.39 is 10.1 Å². The van der Waals surface area contributed by atoms with E-state index in [4.69, 9.17) is 4.52 Å². The minimum atomic E-state index is -3.40. The van der Waals surface area contributed by atoms with Crippen molar-refractivity contribution in [1.82, 2.24) is 5.16 Å². The third-order valence-corrected chi connectivity index (χ3v) is 2.14. The lowest BCUT2D eigenvalue weighted by Crippen LogP contribution is -2.03. The van der Waals surface area contributed by atoms with Gasteiger partial charge < -0.3 is 4.52 Å². The summed E-state index contributed by atoms with van der Waals surface area (Å²) in [7, 11) is -3.40. The van der Waals surface area contributed by atoms with Gasteiger partial charge in [0.15, 0.2) is 0 Å². The molecule has 0 aliphatic heterocycles. The van der Waals surface area contributed by atoms with Crippen LogP contribution in [0, 0.1) is 13.8 Å². The lowest BCUT2D eigenvalue weighted by atomic mass is 10.2. The van der Waals surface area contributed by atoms with Gasteiger partial charge in [-0.1, -0.05) is 5.16 Å². The molecule has 0 atom stereocenters. The van der Waals surface area contributed by atoms with Gasteiger partial charge in [-0.15, -0.1) is 0 Å². The maximum atomic E-state index is 10.7. The minimum Gasteiger partial charge on any atom is -0.361 e. The van der Waals surface area contributed by atoms with Gasteiger partial charge in [-0.05, 0) is 13.8 Å². The van der Waals surface area contributed by atoms with Gasteiger partial charge in [0.05, 0.1) is 18.6 Å². The van der Waals surface area contributed by atoms with E-state index in [-0.39, 0.29) is 6.61 Å². The second-order valence-corrected chi connectivity index (χ2v) is 4.41. The average Bonchev–Trinajstić information content (AvgIpc) is 2.27. The number of hydrogen-bond acceptors (Lipinski definition) is 5. The lowest BCUT2D eigenvalue weighted by molar-refractivity contribution is 0.307. The van der Waals surface area contributed by atoms with Crippen LogP contribution in [0.25, 0.3) is 0 Å². The predicted octanol–water partition coefficient (Wildman–Crippen LogP) is 0.768. The molecule has 1 heterocycles. The Morgan fingerprint density at radius 1 is 1.46 bits per heavy atom. The summed E-state index contributed by atoms with van der Waals surface area (Å²) in [6.07, 6.45) is 1.01. The second kappa shape index (κ2) is 3.47. The van der Waals surface area contributed by atoms with Crippen LogP contribution in [0.5, 0.6) is 0 Å². The molecule has 0 aliphatic carbocycles. The summed E-state index contributed by atoms with van der Waals surface area (Å²) < 4.78 is 30.8. The number of aryl methyl sites for hydroxylation is 2. The smallest absolute Gasteiger partial charge is 0.264 e. The number of hydrogen-bond donors (Lipinski definition) is 0. The van der Waals surface area contributed by atoms with Crippen LogP contribution < -0.4 is 0 Å². The number of rotatable bonds is 3. The lowest BCUT2D eigenvalue weighted by Gasteiger charge is -1.99. The van der Waals surface area contributed by atoms with Crippen LogP contribution in [0.3, 0.4) is 0 Å². The van der Waals surface area contributed by atoms with Crippen molar-refractivity contribution in [1.29, 1.82) is 0 Å². The van der Waals surface area contributed by atoms with Gasteiger partial charge in [-0.3, -0.25) is 4.18 Å². The molecule has 0 N–H and O–H groups in total. The standard InChI is InChI=1S/C7H11NO4S/c1-5-7(6(2)12-8-5)4-11-13(3,9)10/h4H2,1-3H3. The van der Waals surface area contributed by atoms with Crippen molar-refractivity contribution < 1.29 is 17.1 Å². The molecule has 5 nitrogen and oxygen atoms in total. The van der Waals surface area contributed by atoms with Gasteiger partial charge in [0.25, 0.3) is 10.1 Å². The highest BCUT2D eigenvalue weighted by Crippen LogP contribution is 2.13. The van der Waals surface area contributed by atoms with Gasteiger partial charge in [0.1, 0.15) is 5.76 Å². The molecule has 0 unspecified atom stereocenters. The van der Waals surface area contributed by atoms with Crippen LogP contribution in [-0.4, -0.2) is 19.8 Å². The molecule has 0 saturated carbocycles. The summed E-state index contributed by atoms with van der Waals surface area (Å²) in [4.78, 5) is 0. The first-order chi connectivity index (χ1) is 5.90. The van der Waals surface area contributed by atoms with Crippen LogP contribution in [0.2, 0.25) is 0 Å². The summed E-state index contributed by atoms with van der Waals surface area (Å²) in [5.41, 5.74) is 1.34. The normalized spacial score (nSPS) is 11.9. The van der Waals surface area contributed by atoms with E-state index in [1.807, 2.05) is 0 Å². The Morgan fingerprint density at radius 3 is 2.46 bits per heavy atom. The zero-order valence-electron chi connectivity index (χ0n) is 7.70. The second-order valence-electron chi connectivity index (χ2n) is 2.77. The van der Waals surface area contributed by atoms with E-state index in [0.717, 1.165) is 6.26 Å². The maximum absolute atomic E-state index is 10.7. The van der Waals surface area contributed by atoms with Gasteiger partial charge in [-0.25, -0.2) is 0 Å². The van der Waals surface area contributed by atoms with Crippen LogP contribution in [0.4, 0.5) is 0 Å². The van der Waals surface area contributed by atoms with Crippen LogP contribution in [0.1, 0.15) is 17.0 Å². The van der Waals surface area contributed by atoms with Crippen LogP contribution in [-0.2, 0) is 20.9 Å². The first-order valence-electron chi connectivity index (χ1n) is 3.66. The molecule has 6 heteroatoms. The average molecular weight is 205 g/mol. The van der Waals surface area contributed by atoms with E-state index in [9.17, 15) is 8.42 Å². The summed E-state index contributed by atoms with van der Waals surface area (Å²) in [6.45, 7) is 3.43. The molecule has 1 rings (SSSR count). The molecule has 0 radical (unpaired) electrons. The van der Waals surface area contributed by atoms with E-state index in [0.29, 0.717) is 17.0 Å². The van der Waals surface area contributed by atoms with E-state index >= 15 is 0 Å². The predicted molar refractivity (Wildman–Crippen MR) is 45.6 cm³/mol. The Labute approximate surface area is 76.8 Å². The molecule has 0 saturated heterocycles. The Kier molecular flexibility index (Phi) is 2.72. The summed E-state index contributed by atoms with van der Waals surface area (Å²) in [5.74, 6) is 0.584. The van der Waals surface area contributed by atoms with Gasteiger partial charge in [0.2, 0.25) is 0 Å². The highest BCUT2D eigenvalue weighted by molar-refractivity contribution is 7.85. The fourth-order valence-corrected chi connectivity index (χ4v) is 1.21. The first kappa shape index (κ1) is 10.2. The molecular weight excluding hydrogens is 194 g/mol. The van der Waals surface area contributed by atoms with Gasteiger partial charge in [-0.2, -0.15) is 8.42 Å². The monoisotopic (exact) mass is 205 g/mol. The summed E-state index contributed by atoms with van der Waals surface area (Å²) in [5, 5.41) is 3.67. The topological polar surface area (TPSA) is 69.4 Å². The Bertz CT molecular complexity index is 373. The molecule has 0 spiro atoms. The molecule has 0 bridgehead atoms. The zero-order valence-corrected chi connectivity index (χ0v) is 8.51. The molecule has 0 fully saturated rings. The maximum Gasteiger partial charge on any atom is 0.264 e. The van der Waals surface area contributed by atoms with E-state index in [1.54, 1.807) is 13.8 Å². The van der Waals surface area contributed by atoms with Crippen LogP contribution in [0.15, 0.2) is 4.52 Å². The van der Waals surface area contributed by atoms with Crippen molar-refractivity contribution in [3.05, 3.63) is 17.0 Å². The first-order valence-corrected chi connectivity index (χ1v) is 5.48. The highest BCUT2D eigenvalue weighted by Gasteiger charge is 2.11. The molecule has 1 aromatic rings. The number of aromatic nitrogens is 1. The van der Waals surface area contributed by atoms with Crippen molar-refractivity contribution in [2.45, 2.75) is 20.5 Å². The quantitative estimate of drug-likeness (QED) is 0.681. The SMILES string of the molecule is Cc1noc(C)c1COS(C)(=O)=O. The third-order valence-electron chi connectivity index (χ3n) is 1.60. The molecule has 74 valence electrons. The van der Waals surface area contributed by atoms with E-state index in [1.165, 1.54) is 0 Å². The molecule has 0 amide bonds. The fraction of sp³-hybridized carbons (Fsp3) is 0.571. The molecule has 0 aliphatic rings. The van der Waals surface area contributed by atoms with Crippen molar-refractivity contribution in [2.75, 3.05) is 6.26 Å². The van der Waals surface area contributed by atoms with Crippen LogP contribution >= 0.6 is 0 Å². The summed E-state index contributed by atoms with van der Waals surface area (Å²) in [6, 6.07) is 0. The Morgan fingerprint density at radius 2 is 2.08 bits per heavy atom. The largest absolute Gasteiger partial charge is 0.361 e.